The van der Waals surface area contributed by atoms with Crippen molar-refractivity contribution in [1.82, 2.24) is 10.6 Å². The van der Waals surface area contributed by atoms with Gasteiger partial charge < -0.3 is 10.6 Å². The van der Waals surface area contributed by atoms with Gasteiger partial charge in [-0.15, -0.1) is 11.3 Å². The van der Waals surface area contributed by atoms with Gasteiger partial charge in [0.2, 0.25) is 11.8 Å². The molecule has 0 aliphatic heterocycles. The Labute approximate surface area is 221 Å². The molecule has 0 spiro atoms. The number of ketones is 1. The zero-order chi connectivity index (χ0) is 27.2. The summed E-state index contributed by atoms with van der Waals surface area (Å²) >= 11 is 1.27. The Hall–Kier alpha value is -3.78. The maximum absolute atomic E-state index is 13.9. The van der Waals surface area contributed by atoms with E-state index in [1.54, 1.807) is 53.9 Å². The third kappa shape index (κ3) is 6.92. The lowest BCUT2D eigenvalue weighted by atomic mass is 9.96. The van der Waals surface area contributed by atoms with Crippen LogP contribution in [0.4, 0.5) is 5.69 Å². The average Bonchev–Trinajstić information content (AvgIpc) is 3.41. The smallest absolute Gasteiger partial charge is 0.261 e. The number of carbonyl (C=O) groups excluding carboxylic acids is 4. The highest BCUT2D eigenvalue weighted by atomic mass is 32.1. The van der Waals surface area contributed by atoms with Crippen LogP contribution >= 0.6 is 11.3 Å². The summed E-state index contributed by atoms with van der Waals surface area (Å²) in [7, 11) is 0. The van der Waals surface area contributed by atoms with Gasteiger partial charge in [-0.1, -0.05) is 55.0 Å². The van der Waals surface area contributed by atoms with Crippen LogP contribution < -0.4 is 15.5 Å². The lowest BCUT2D eigenvalue weighted by molar-refractivity contribution is -0.127. The largest absolute Gasteiger partial charge is 0.349 e. The second kappa shape index (κ2) is 12.0. The second-order valence-electron chi connectivity index (χ2n) is 9.54. The van der Waals surface area contributed by atoms with Gasteiger partial charge in [-0.3, -0.25) is 24.1 Å². The minimum atomic E-state index is -1.07. The number of carbonyl (C=O) groups is 4. The first-order valence-electron chi connectivity index (χ1n) is 12.2. The van der Waals surface area contributed by atoms with Crippen molar-refractivity contribution in [1.29, 1.82) is 0 Å². The summed E-state index contributed by atoms with van der Waals surface area (Å²) < 4.78 is 0. The quantitative estimate of drug-likeness (QED) is 0.366. The molecular weight excluding hydrogens is 486 g/mol. The number of benzene rings is 2. The highest BCUT2D eigenvalue weighted by Gasteiger charge is 2.36. The Kier molecular flexibility index (Phi) is 8.99. The van der Waals surface area contributed by atoms with Crippen LogP contribution in [0.1, 0.15) is 71.3 Å². The predicted molar refractivity (Wildman–Crippen MR) is 147 cm³/mol. The van der Waals surface area contributed by atoms with Crippen LogP contribution in [0.2, 0.25) is 0 Å². The molecule has 0 saturated heterocycles. The molecule has 1 atom stereocenters. The molecule has 0 aliphatic carbocycles. The van der Waals surface area contributed by atoms with Crippen molar-refractivity contribution in [3.05, 3.63) is 87.6 Å². The minimum Gasteiger partial charge on any atom is -0.349 e. The number of thiophene rings is 1. The van der Waals surface area contributed by atoms with Gasteiger partial charge in [0.25, 0.3) is 5.91 Å². The van der Waals surface area contributed by atoms with Crippen molar-refractivity contribution < 1.29 is 19.2 Å². The van der Waals surface area contributed by atoms with Crippen molar-refractivity contribution in [2.75, 3.05) is 11.4 Å². The molecular formula is C29H33N3O4S. The van der Waals surface area contributed by atoms with Gasteiger partial charge in [-0.05, 0) is 63.3 Å². The van der Waals surface area contributed by atoms with Crippen molar-refractivity contribution in [2.24, 2.45) is 0 Å². The number of Topliss-reactive ketones (excluding diaryl/α,β-unsaturated/α-hetero) is 1. The van der Waals surface area contributed by atoms with E-state index in [2.05, 4.69) is 10.6 Å². The molecule has 1 heterocycles. The van der Waals surface area contributed by atoms with Crippen LogP contribution in [0.3, 0.4) is 0 Å². The van der Waals surface area contributed by atoms with Crippen LogP contribution in [0.5, 0.6) is 0 Å². The molecule has 1 aromatic heterocycles. The van der Waals surface area contributed by atoms with Crippen LogP contribution in [-0.4, -0.2) is 35.6 Å². The fraction of sp³-hybridized carbons (Fsp3) is 0.310. The van der Waals surface area contributed by atoms with Crippen molar-refractivity contribution in [2.45, 2.75) is 52.6 Å². The van der Waals surface area contributed by atoms with Crippen LogP contribution in [0.15, 0.2) is 66.0 Å². The lowest BCUT2D eigenvalue weighted by Gasteiger charge is -2.35. The molecule has 7 nitrogen and oxygen atoms in total. The molecule has 37 heavy (non-hydrogen) atoms. The lowest BCUT2D eigenvalue weighted by Crippen LogP contribution is -2.52. The minimum absolute atomic E-state index is 0.243. The summed E-state index contributed by atoms with van der Waals surface area (Å²) in [5, 5.41) is 7.50. The number of amides is 3. The molecule has 0 radical (unpaired) electrons. The summed E-state index contributed by atoms with van der Waals surface area (Å²) in [5.74, 6) is -1.53. The van der Waals surface area contributed by atoms with E-state index in [0.717, 1.165) is 5.56 Å². The van der Waals surface area contributed by atoms with Gasteiger partial charge in [0, 0.05) is 11.1 Å². The Bertz CT molecular complexity index is 1270. The highest BCUT2D eigenvalue weighted by molar-refractivity contribution is 7.12. The van der Waals surface area contributed by atoms with E-state index in [1.165, 1.54) is 23.2 Å². The molecule has 0 aliphatic rings. The van der Waals surface area contributed by atoms with E-state index in [9.17, 15) is 19.2 Å². The monoisotopic (exact) mass is 519 g/mol. The Balaban J connectivity index is 2.11. The van der Waals surface area contributed by atoms with Crippen LogP contribution in [0, 0.1) is 6.92 Å². The number of hydrogen-bond donors (Lipinski definition) is 2. The van der Waals surface area contributed by atoms with E-state index < -0.39 is 17.5 Å². The first kappa shape index (κ1) is 27.8. The molecule has 0 bridgehead atoms. The number of nitrogens with zero attached hydrogens (tertiary/aromatic N) is 1. The van der Waals surface area contributed by atoms with Crippen LogP contribution in [-0.2, 0) is 9.59 Å². The molecule has 8 heteroatoms. The SMILES string of the molecule is CCC(C)(C)NC(=O)C(c1ccc(C)cc1)N(C(=O)CNC(=O)c1cccs1)c1ccccc1C(C)=O. The molecule has 1 unspecified atom stereocenters. The predicted octanol–water partition coefficient (Wildman–Crippen LogP) is 5.07. The Morgan fingerprint density at radius 2 is 1.65 bits per heavy atom. The van der Waals surface area contributed by atoms with Gasteiger partial charge in [-0.25, -0.2) is 0 Å². The first-order chi connectivity index (χ1) is 17.5. The first-order valence-corrected chi connectivity index (χ1v) is 13.0. The molecule has 2 aromatic carbocycles. The number of aryl methyl sites for hydroxylation is 1. The molecule has 3 rings (SSSR count). The van der Waals surface area contributed by atoms with Crippen molar-refractivity contribution in [3.63, 3.8) is 0 Å². The molecule has 3 amide bonds. The van der Waals surface area contributed by atoms with Gasteiger partial charge in [0.1, 0.15) is 6.04 Å². The zero-order valence-electron chi connectivity index (χ0n) is 21.8. The normalized spacial score (nSPS) is 11.9. The summed E-state index contributed by atoms with van der Waals surface area (Å²) in [4.78, 5) is 54.6. The number of para-hydroxylation sites is 1. The topological polar surface area (TPSA) is 95.6 Å². The number of rotatable bonds is 10. The van der Waals surface area contributed by atoms with E-state index in [4.69, 9.17) is 0 Å². The maximum Gasteiger partial charge on any atom is 0.261 e. The van der Waals surface area contributed by atoms with E-state index in [1.807, 2.05) is 39.8 Å². The summed E-state index contributed by atoms with van der Waals surface area (Å²) in [6.45, 7) is 8.79. The van der Waals surface area contributed by atoms with Gasteiger partial charge >= 0.3 is 0 Å². The summed E-state index contributed by atoms with van der Waals surface area (Å²) in [6.07, 6.45) is 0.675. The van der Waals surface area contributed by atoms with Gasteiger partial charge in [0.15, 0.2) is 5.78 Å². The zero-order valence-corrected chi connectivity index (χ0v) is 22.6. The molecule has 2 N–H and O–H groups in total. The van der Waals surface area contributed by atoms with E-state index in [0.29, 0.717) is 28.1 Å². The Morgan fingerprint density at radius 3 is 2.24 bits per heavy atom. The van der Waals surface area contributed by atoms with Gasteiger partial charge in [-0.2, -0.15) is 0 Å². The van der Waals surface area contributed by atoms with Crippen molar-refractivity contribution >= 4 is 40.5 Å². The third-order valence-corrected chi connectivity index (χ3v) is 7.07. The number of anilines is 1. The standard InChI is InChI=1S/C29H33N3O4S/c1-6-29(4,5)31-28(36)26(21-15-13-19(2)14-16-21)32(23-11-8-7-10-22(23)20(3)33)25(34)18-30-27(35)24-12-9-17-37-24/h7-17,26H,6,18H2,1-5H3,(H,30,35)(H,31,36). The summed E-state index contributed by atoms with van der Waals surface area (Å²) in [6, 6.07) is 16.4. The van der Waals surface area contributed by atoms with E-state index in [-0.39, 0.29) is 24.1 Å². The van der Waals surface area contributed by atoms with Crippen molar-refractivity contribution in [3.8, 4) is 0 Å². The maximum atomic E-state index is 13.9. The second-order valence-corrected chi connectivity index (χ2v) is 10.5. The summed E-state index contributed by atoms with van der Waals surface area (Å²) in [5.41, 5.74) is 1.68. The fourth-order valence-corrected chi connectivity index (χ4v) is 4.43. The Morgan fingerprint density at radius 1 is 0.973 bits per heavy atom. The third-order valence-electron chi connectivity index (χ3n) is 6.20. The number of hydrogen-bond acceptors (Lipinski definition) is 5. The molecule has 0 saturated carbocycles. The number of nitrogens with one attached hydrogen (secondary N) is 2. The van der Waals surface area contributed by atoms with E-state index >= 15 is 0 Å². The molecule has 0 fully saturated rings. The molecule has 3 aromatic rings. The fourth-order valence-electron chi connectivity index (χ4n) is 3.79. The average molecular weight is 520 g/mol. The van der Waals surface area contributed by atoms with Gasteiger partial charge in [0.05, 0.1) is 17.1 Å². The van der Waals surface area contributed by atoms with Crippen LogP contribution in [0.25, 0.3) is 0 Å². The molecule has 194 valence electrons. The highest BCUT2D eigenvalue weighted by Crippen LogP contribution is 2.32.